The fraction of sp³-hybridized carbons (Fsp3) is 0.417. The van der Waals surface area contributed by atoms with Crippen LogP contribution in [0.2, 0.25) is 0 Å². The van der Waals surface area contributed by atoms with Crippen molar-refractivity contribution in [3.05, 3.63) is 23.3 Å². The first-order valence-corrected chi connectivity index (χ1v) is 6.49. The van der Waals surface area contributed by atoms with Gasteiger partial charge in [0.05, 0.1) is 10.2 Å². The molecule has 0 fully saturated rings. The van der Waals surface area contributed by atoms with Gasteiger partial charge in [0.25, 0.3) is 0 Å². The Balaban J connectivity index is 2.00. The largest absolute Gasteiger partial charge is 0.375 e. The van der Waals surface area contributed by atoms with Gasteiger partial charge in [-0.1, -0.05) is 18.3 Å². The van der Waals surface area contributed by atoms with Gasteiger partial charge >= 0.3 is 0 Å². The zero-order chi connectivity index (χ0) is 11.1. The summed E-state index contributed by atoms with van der Waals surface area (Å²) < 4.78 is 1.22. The molecule has 3 N–H and O–H groups in total. The maximum absolute atomic E-state index is 5.72. The number of likely N-dealkylation sites (N-methyl/N-ethyl adjacent to an activating group) is 1. The SMILES string of the molecule is CCN[C@@H]1Cc2cc3n[14c](N)sc3cc2C1. The lowest BCUT2D eigenvalue weighted by atomic mass is 10.1. The Labute approximate surface area is 98.7 Å². The Morgan fingerprint density at radius 1 is 1.50 bits per heavy atom. The number of hydrogen-bond donors (Lipinski definition) is 2. The summed E-state index contributed by atoms with van der Waals surface area (Å²) in [6.45, 7) is 3.20. The number of nitrogens with two attached hydrogens (primary N) is 1. The monoisotopic (exact) mass is 235 g/mol. The van der Waals surface area contributed by atoms with Crippen LogP contribution in [0.5, 0.6) is 0 Å². The minimum absolute atomic E-state index is 0.605. The Morgan fingerprint density at radius 3 is 3.00 bits per heavy atom. The molecule has 0 spiro atoms. The topological polar surface area (TPSA) is 50.9 Å². The van der Waals surface area contributed by atoms with E-state index in [1.807, 2.05) is 0 Å². The quantitative estimate of drug-likeness (QED) is 0.836. The summed E-state index contributed by atoms with van der Waals surface area (Å²) in [6, 6.07) is 5.07. The van der Waals surface area contributed by atoms with E-state index >= 15 is 0 Å². The molecule has 84 valence electrons. The van der Waals surface area contributed by atoms with Gasteiger partial charge in [-0.05, 0) is 42.6 Å². The van der Waals surface area contributed by atoms with Gasteiger partial charge in [0, 0.05) is 6.04 Å². The molecule has 2 aromatic rings. The van der Waals surface area contributed by atoms with Gasteiger partial charge < -0.3 is 11.1 Å². The minimum atomic E-state index is 0.605. The number of aromatic nitrogens is 1. The average molecular weight is 235 g/mol. The molecule has 0 aliphatic heterocycles. The number of anilines is 1. The van der Waals surface area contributed by atoms with Crippen molar-refractivity contribution in [3.8, 4) is 0 Å². The second-order valence-electron chi connectivity index (χ2n) is 4.30. The van der Waals surface area contributed by atoms with E-state index in [9.17, 15) is 0 Å². The molecule has 0 radical (unpaired) electrons. The Hall–Kier alpha value is -1.13. The molecule has 1 heterocycles. The fourth-order valence-electron chi connectivity index (χ4n) is 2.49. The number of benzene rings is 1. The van der Waals surface area contributed by atoms with Crippen LogP contribution < -0.4 is 11.1 Å². The van der Waals surface area contributed by atoms with Crippen LogP contribution in [0.3, 0.4) is 0 Å². The molecule has 0 amide bonds. The Morgan fingerprint density at radius 2 is 2.25 bits per heavy atom. The maximum Gasteiger partial charge on any atom is 0.181 e. The summed E-state index contributed by atoms with van der Waals surface area (Å²) in [4.78, 5) is 4.34. The van der Waals surface area contributed by atoms with Crippen LogP contribution >= 0.6 is 11.3 Å². The number of nitrogen functional groups attached to an aromatic ring is 1. The van der Waals surface area contributed by atoms with E-state index in [0.717, 1.165) is 24.9 Å². The smallest absolute Gasteiger partial charge is 0.181 e. The summed E-state index contributed by atoms with van der Waals surface area (Å²) in [7, 11) is 0. The normalized spacial score (nSPS) is 19.2. The van der Waals surface area contributed by atoms with Crippen LogP contribution in [0.4, 0.5) is 5.13 Å². The zero-order valence-corrected chi connectivity index (χ0v) is 10.1. The highest BCUT2D eigenvalue weighted by molar-refractivity contribution is 7.22. The van der Waals surface area contributed by atoms with E-state index in [-0.39, 0.29) is 0 Å². The Kier molecular flexibility index (Phi) is 2.33. The third-order valence-electron chi connectivity index (χ3n) is 3.15. The third kappa shape index (κ3) is 1.58. The van der Waals surface area contributed by atoms with Crippen molar-refractivity contribution in [1.29, 1.82) is 0 Å². The van der Waals surface area contributed by atoms with Crippen molar-refractivity contribution >= 4 is 26.7 Å². The lowest BCUT2D eigenvalue weighted by Gasteiger charge is -2.08. The van der Waals surface area contributed by atoms with Crippen LogP contribution in [0.1, 0.15) is 18.1 Å². The van der Waals surface area contributed by atoms with Gasteiger partial charge in [0.2, 0.25) is 0 Å². The minimum Gasteiger partial charge on any atom is -0.375 e. The molecule has 1 aromatic carbocycles. The molecule has 0 saturated heterocycles. The van der Waals surface area contributed by atoms with E-state index < -0.39 is 0 Å². The number of thiazole rings is 1. The van der Waals surface area contributed by atoms with Crippen LogP contribution in [-0.2, 0) is 12.8 Å². The summed E-state index contributed by atoms with van der Waals surface area (Å²) in [5.74, 6) is 0. The Bertz CT molecular complexity index is 489. The molecule has 16 heavy (non-hydrogen) atoms. The van der Waals surface area contributed by atoms with Crippen molar-refractivity contribution < 1.29 is 0 Å². The molecule has 3 rings (SSSR count). The van der Waals surface area contributed by atoms with Crippen molar-refractivity contribution in [3.63, 3.8) is 0 Å². The highest BCUT2D eigenvalue weighted by atomic mass is 32.1. The number of hydrogen-bond acceptors (Lipinski definition) is 4. The van der Waals surface area contributed by atoms with Gasteiger partial charge in [-0.25, -0.2) is 4.98 Å². The second-order valence-corrected chi connectivity index (χ2v) is 5.37. The van der Waals surface area contributed by atoms with Gasteiger partial charge in [-0.2, -0.15) is 0 Å². The molecular formula is C12H15N3S. The maximum atomic E-state index is 5.72. The molecule has 3 nitrogen and oxygen atoms in total. The number of nitrogens with one attached hydrogen (secondary N) is 1. The predicted octanol–water partition coefficient (Wildman–Crippen LogP) is 1.96. The summed E-state index contributed by atoms with van der Waals surface area (Å²) in [6.07, 6.45) is 2.26. The van der Waals surface area contributed by atoms with Crippen LogP contribution in [-0.4, -0.2) is 17.6 Å². The van der Waals surface area contributed by atoms with Gasteiger partial charge in [-0.15, -0.1) is 0 Å². The van der Waals surface area contributed by atoms with Crippen LogP contribution in [0, 0.1) is 0 Å². The van der Waals surface area contributed by atoms with Crippen molar-refractivity contribution in [2.75, 3.05) is 12.3 Å². The molecule has 0 bridgehead atoms. The zero-order valence-electron chi connectivity index (χ0n) is 9.29. The van der Waals surface area contributed by atoms with Crippen LogP contribution in [0.25, 0.3) is 10.2 Å². The number of rotatable bonds is 2. The van der Waals surface area contributed by atoms with E-state index in [2.05, 4.69) is 29.4 Å². The molecule has 0 unspecified atom stereocenters. The van der Waals surface area contributed by atoms with Gasteiger partial charge in [0.1, 0.15) is 0 Å². The first-order valence-electron chi connectivity index (χ1n) is 5.67. The third-order valence-corrected chi connectivity index (χ3v) is 4.00. The molecular weight excluding hydrogens is 220 g/mol. The van der Waals surface area contributed by atoms with E-state index in [4.69, 9.17) is 5.73 Å². The fourth-order valence-corrected chi connectivity index (χ4v) is 3.27. The van der Waals surface area contributed by atoms with E-state index in [0.29, 0.717) is 11.2 Å². The van der Waals surface area contributed by atoms with Crippen molar-refractivity contribution in [2.24, 2.45) is 0 Å². The second kappa shape index (κ2) is 3.71. The molecule has 1 atom stereocenters. The van der Waals surface area contributed by atoms with E-state index in [1.54, 1.807) is 11.3 Å². The average Bonchev–Trinajstić information content (AvgIpc) is 2.75. The first kappa shape index (κ1) is 10.1. The molecule has 1 aliphatic carbocycles. The standard InChI is InChI=1S/C12H15N3S/c1-2-14-9-3-7-5-10-11(6-8(7)4-9)16-12(13)15-10/h5-6,9,14H,2-4H2,1H3,(H2,13,15)/t9-/m1/s1/i12+2. The lowest BCUT2D eigenvalue weighted by molar-refractivity contribution is 0.552. The number of fused-ring (bicyclic) bond motifs is 2. The first-order chi connectivity index (χ1) is 7.76. The lowest BCUT2D eigenvalue weighted by Crippen LogP contribution is -2.28. The predicted molar refractivity (Wildman–Crippen MR) is 68.9 cm³/mol. The molecule has 4 heteroatoms. The summed E-state index contributed by atoms with van der Waals surface area (Å²) in [5.41, 5.74) is 9.67. The molecule has 0 saturated carbocycles. The highest BCUT2D eigenvalue weighted by Crippen LogP contribution is 2.31. The highest BCUT2D eigenvalue weighted by Gasteiger charge is 2.21. The summed E-state index contributed by atoms with van der Waals surface area (Å²) >= 11 is 1.58. The van der Waals surface area contributed by atoms with Crippen LogP contribution in [0.15, 0.2) is 12.1 Å². The summed E-state index contributed by atoms with van der Waals surface area (Å²) in [5, 5.41) is 4.18. The van der Waals surface area contributed by atoms with Gasteiger partial charge in [-0.3, -0.25) is 0 Å². The molecule has 1 aliphatic rings. The van der Waals surface area contributed by atoms with E-state index in [1.165, 1.54) is 15.8 Å². The van der Waals surface area contributed by atoms with Crippen molar-refractivity contribution in [2.45, 2.75) is 25.8 Å². The van der Waals surface area contributed by atoms with Gasteiger partial charge in [0.15, 0.2) is 5.13 Å². The number of nitrogens with zero attached hydrogens (tertiary/aromatic N) is 1. The van der Waals surface area contributed by atoms with Crippen molar-refractivity contribution in [1.82, 2.24) is 10.3 Å². The molecule has 1 aromatic heterocycles.